The Hall–Kier alpha value is -2.26. The molecule has 1 aromatic carbocycles. The van der Waals surface area contributed by atoms with Crippen LogP contribution in [0.25, 0.3) is 0 Å². The molecule has 2 aromatic rings. The fourth-order valence-corrected chi connectivity index (χ4v) is 3.73. The van der Waals surface area contributed by atoms with Gasteiger partial charge in [-0.05, 0) is 30.3 Å². The molecule has 142 valence electrons. The fourth-order valence-electron chi connectivity index (χ4n) is 2.56. The molecule has 2 atom stereocenters. The van der Waals surface area contributed by atoms with Gasteiger partial charge >= 0.3 is 0 Å². The summed E-state index contributed by atoms with van der Waals surface area (Å²) < 4.78 is 42.4. The zero-order valence-electron chi connectivity index (χ0n) is 13.9. The monoisotopic (exact) mass is 414 g/mol. The number of aromatic nitrogens is 1. The summed E-state index contributed by atoms with van der Waals surface area (Å²) in [5.41, 5.74) is 5.57. The maximum Gasteiger partial charge on any atom is 0.274 e. The molecule has 27 heavy (non-hydrogen) atoms. The van der Waals surface area contributed by atoms with E-state index in [2.05, 4.69) is 15.3 Å². The number of carbonyl (C=O) groups is 1. The van der Waals surface area contributed by atoms with Crippen LogP contribution in [0.4, 0.5) is 18.9 Å². The number of hydrogen-bond acceptors (Lipinski definition) is 4. The molecular weight excluding hydrogens is 401 g/mol. The van der Waals surface area contributed by atoms with Crippen LogP contribution in [0.2, 0.25) is 5.02 Å². The molecule has 10 heteroatoms. The zero-order chi connectivity index (χ0) is 19.8. The lowest BCUT2D eigenvalue weighted by Crippen LogP contribution is -2.13. The maximum absolute atomic E-state index is 14.2. The van der Waals surface area contributed by atoms with E-state index >= 15 is 0 Å². The summed E-state index contributed by atoms with van der Waals surface area (Å²) >= 11 is 6.42. The largest absolute Gasteiger partial charge is 0.379 e. The maximum atomic E-state index is 14.2. The van der Waals surface area contributed by atoms with Crippen molar-refractivity contribution in [1.82, 2.24) is 4.98 Å². The van der Waals surface area contributed by atoms with Gasteiger partial charge in [0.25, 0.3) is 11.8 Å². The number of amidine groups is 1. The van der Waals surface area contributed by atoms with Crippen LogP contribution in [-0.4, -0.2) is 34.3 Å². The van der Waals surface area contributed by atoms with E-state index in [4.69, 9.17) is 17.3 Å². The number of nitrogens with one attached hydrogen (secondary N) is 1. The minimum atomic E-state index is -3.12. The van der Waals surface area contributed by atoms with Gasteiger partial charge in [-0.3, -0.25) is 9.79 Å². The highest BCUT2D eigenvalue weighted by atomic mass is 35.5. The van der Waals surface area contributed by atoms with Crippen molar-refractivity contribution in [3.63, 3.8) is 0 Å². The average Bonchev–Trinajstić information content (AvgIpc) is 3.16. The van der Waals surface area contributed by atoms with Crippen molar-refractivity contribution in [2.75, 3.05) is 12.4 Å². The van der Waals surface area contributed by atoms with Gasteiger partial charge in [-0.25, -0.2) is 18.2 Å². The van der Waals surface area contributed by atoms with E-state index in [1.54, 1.807) is 0 Å². The molecule has 0 bridgehead atoms. The first-order valence-corrected chi connectivity index (χ1v) is 8.99. The Labute approximate surface area is 162 Å². The van der Waals surface area contributed by atoms with Crippen LogP contribution in [0, 0.1) is 5.82 Å². The second kappa shape index (κ2) is 7.40. The van der Waals surface area contributed by atoms with Crippen LogP contribution >= 0.6 is 23.4 Å². The lowest BCUT2D eigenvalue weighted by Gasteiger charge is -2.08. The van der Waals surface area contributed by atoms with Crippen LogP contribution in [0.5, 0.6) is 0 Å². The Morgan fingerprint density at radius 3 is 2.74 bits per heavy atom. The van der Waals surface area contributed by atoms with Crippen molar-refractivity contribution in [3.05, 3.63) is 58.6 Å². The predicted octanol–water partition coefficient (Wildman–Crippen LogP) is 3.91. The topological polar surface area (TPSA) is 80.4 Å². The van der Waals surface area contributed by atoms with E-state index in [1.165, 1.54) is 37.5 Å². The first-order valence-electron chi connectivity index (χ1n) is 7.73. The number of aliphatic imine (C=N–C) groups is 1. The lowest BCUT2D eigenvalue weighted by molar-refractivity contribution is 0.102. The third-order valence-corrected chi connectivity index (χ3v) is 5.49. The molecule has 1 heterocycles. The second-order valence-corrected chi connectivity index (χ2v) is 7.40. The molecule has 1 saturated carbocycles. The summed E-state index contributed by atoms with van der Waals surface area (Å²) in [5.74, 6) is -5.83. The molecule has 1 unspecified atom stereocenters. The quantitative estimate of drug-likeness (QED) is 0.587. The molecule has 5 nitrogen and oxygen atoms in total. The number of benzene rings is 1. The van der Waals surface area contributed by atoms with Gasteiger partial charge in [-0.1, -0.05) is 23.4 Å². The van der Waals surface area contributed by atoms with Gasteiger partial charge in [0, 0.05) is 24.5 Å². The highest BCUT2D eigenvalue weighted by molar-refractivity contribution is 8.14. The van der Waals surface area contributed by atoms with Crippen LogP contribution in [0.1, 0.15) is 22.0 Å². The number of alkyl halides is 2. The summed E-state index contributed by atoms with van der Waals surface area (Å²) in [6, 6.07) is 6.43. The molecular formula is C17H14ClF3N4OS. The summed E-state index contributed by atoms with van der Waals surface area (Å²) in [6.45, 7) is 0. The number of nitrogens with two attached hydrogens (primary N) is 1. The number of halogens is 4. The Balaban J connectivity index is 1.81. The molecule has 3 rings (SSSR count). The lowest BCUT2D eigenvalue weighted by atomic mass is 10.1. The first kappa shape index (κ1) is 19.5. The SMILES string of the molecule is CN=C(N)S[C@@H]1C(c2cc(NC(=O)c3ccc(Cl)cn3)ccc2F)C1(F)F. The molecule has 1 aromatic heterocycles. The van der Waals surface area contributed by atoms with Crippen molar-refractivity contribution in [2.45, 2.75) is 17.1 Å². The Morgan fingerprint density at radius 2 is 2.11 bits per heavy atom. The Kier molecular flexibility index (Phi) is 5.34. The van der Waals surface area contributed by atoms with Gasteiger partial charge in [0.15, 0.2) is 5.17 Å². The van der Waals surface area contributed by atoms with Gasteiger partial charge in [-0.15, -0.1) is 0 Å². The van der Waals surface area contributed by atoms with Gasteiger partial charge < -0.3 is 11.1 Å². The molecule has 1 amide bonds. The zero-order valence-corrected chi connectivity index (χ0v) is 15.5. The molecule has 0 saturated heterocycles. The van der Waals surface area contributed by atoms with Crippen molar-refractivity contribution < 1.29 is 18.0 Å². The smallest absolute Gasteiger partial charge is 0.274 e. The second-order valence-electron chi connectivity index (χ2n) is 5.80. The third-order valence-electron chi connectivity index (χ3n) is 4.00. The van der Waals surface area contributed by atoms with E-state index < -0.39 is 28.8 Å². The first-order chi connectivity index (χ1) is 12.7. The van der Waals surface area contributed by atoms with Crippen molar-refractivity contribution in [1.29, 1.82) is 0 Å². The number of anilines is 1. The van der Waals surface area contributed by atoms with E-state index in [9.17, 15) is 18.0 Å². The van der Waals surface area contributed by atoms with Crippen LogP contribution in [-0.2, 0) is 0 Å². The average molecular weight is 415 g/mol. The third kappa shape index (κ3) is 4.03. The summed E-state index contributed by atoms with van der Waals surface area (Å²) in [4.78, 5) is 19.7. The predicted molar refractivity (Wildman–Crippen MR) is 100 cm³/mol. The standard InChI is InChI=1S/C17H14ClF3N4OS/c1-23-16(22)27-14-13(17(14,20)21)10-6-9(3-4-11(10)19)25-15(26)12-5-2-8(18)7-24-12/h2-7,13-14H,1H3,(H2,22,23)(H,25,26)/t13?,14-/m1/s1. The van der Waals surface area contributed by atoms with Crippen LogP contribution < -0.4 is 11.1 Å². The molecule has 1 aliphatic carbocycles. The Bertz CT molecular complexity index is 908. The number of hydrogen-bond donors (Lipinski definition) is 2. The summed E-state index contributed by atoms with van der Waals surface area (Å²) in [6.07, 6.45) is 1.30. The number of nitrogens with zero attached hydrogens (tertiary/aromatic N) is 2. The van der Waals surface area contributed by atoms with Crippen molar-refractivity contribution >= 4 is 40.1 Å². The van der Waals surface area contributed by atoms with Gasteiger partial charge in [0.1, 0.15) is 11.5 Å². The van der Waals surface area contributed by atoms with E-state index in [1.807, 2.05) is 0 Å². The van der Waals surface area contributed by atoms with E-state index in [-0.39, 0.29) is 22.1 Å². The molecule has 0 aliphatic heterocycles. The van der Waals surface area contributed by atoms with Crippen LogP contribution in [0.3, 0.4) is 0 Å². The van der Waals surface area contributed by atoms with Gasteiger partial charge in [0.05, 0.1) is 16.2 Å². The highest BCUT2D eigenvalue weighted by Crippen LogP contribution is 2.62. The number of rotatable bonds is 4. The Morgan fingerprint density at radius 1 is 1.37 bits per heavy atom. The number of amides is 1. The number of pyridine rings is 1. The minimum Gasteiger partial charge on any atom is -0.379 e. The molecule has 1 fully saturated rings. The minimum absolute atomic E-state index is 0.000790. The highest BCUT2D eigenvalue weighted by Gasteiger charge is 2.70. The van der Waals surface area contributed by atoms with Crippen LogP contribution in [0.15, 0.2) is 41.5 Å². The molecule has 1 aliphatic rings. The van der Waals surface area contributed by atoms with E-state index in [0.29, 0.717) is 16.8 Å². The molecule has 3 N–H and O–H groups in total. The normalized spacial score (nSPS) is 21.0. The van der Waals surface area contributed by atoms with Crippen molar-refractivity contribution in [3.8, 4) is 0 Å². The van der Waals surface area contributed by atoms with Gasteiger partial charge in [-0.2, -0.15) is 0 Å². The number of carbonyl (C=O) groups excluding carboxylic acids is 1. The summed E-state index contributed by atoms with van der Waals surface area (Å²) in [5, 5.41) is 1.67. The van der Waals surface area contributed by atoms with E-state index in [0.717, 1.165) is 6.07 Å². The summed E-state index contributed by atoms with van der Waals surface area (Å²) in [7, 11) is 1.39. The molecule has 0 radical (unpaired) electrons. The van der Waals surface area contributed by atoms with Crippen molar-refractivity contribution in [2.24, 2.45) is 10.7 Å². The van der Waals surface area contributed by atoms with Gasteiger partial charge in [0.2, 0.25) is 0 Å². The number of thioether (sulfide) groups is 1. The molecule has 0 spiro atoms. The fraction of sp³-hybridized carbons (Fsp3) is 0.235.